The number of pyridine rings is 2. The fraction of sp³-hybridized carbons (Fsp3) is 0.222. The topological polar surface area (TPSA) is 84.3 Å². The Hall–Kier alpha value is -3.50. The van der Waals surface area contributed by atoms with Gasteiger partial charge in [0.25, 0.3) is 11.1 Å². The number of aromatic nitrogens is 2. The summed E-state index contributed by atoms with van der Waals surface area (Å²) in [5.41, 5.74) is -1.38. The van der Waals surface area contributed by atoms with E-state index in [1.165, 1.54) is 49.0 Å². The van der Waals surface area contributed by atoms with E-state index in [1.807, 2.05) is 0 Å². The second kappa shape index (κ2) is 12.4. The van der Waals surface area contributed by atoms with Gasteiger partial charge in [0.2, 0.25) is 0 Å². The Bertz CT molecular complexity index is 1610. The van der Waals surface area contributed by atoms with E-state index in [1.54, 1.807) is 26.8 Å². The van der Waals surface area contributed by atoms with Gasteiger partial charge >= 0.3 is 0 Å². The summed E-state index contributed by atoms with van der Waals surface area (Å²) in [4.78, 5) is 30.8. The lowest BCUT2D eigenvalue weighted by Crippen LogP contribution is -2.22. The van der Waals surface area contributed by atoms with Gasteiger partial charge in [0.05, 0.1) is 21.9 Å². The molecular formula is C27H25ClF3N3O3S. The first-order valence-electron chi connectivity index (χ1n) is 11.4. The number of hydrogen-bond donors (Lipinski definition) is 1. The molecule has 2 heterocycles. The summed E-state index contributed by atoms with van der Waals surface area (Å²) in [5, 5.41) is -0.209. The van der Waals surface area contributed by atoms with Crippen molar-refractivity contribution in [1.29, 1.82) is 0 Å². The lowest BCUT2D eigenvalue weighted by atomic mass is 9.94. The van der Waals surface area contributed by atoms with Crippen molar-refractivity contribution in [3.8, 4) is 0 Å². The van der Waals surface area contributed by atoms with Crippen LogP contribution in [-0.2, 0) is 17.2 Å². The summed E-state index contributed by atoms with van der Waals surface area (Å²) in [6.07, 6.45) is 6.35. The average Bonchev–Trinajstić information content (AvgIpc) is 2.87. The predicted octanol–water partition coefficient (Wildman–Crippen LogP) is 5.65. The van der Waals surface area contributed by atoms with Crippen LogP contribution in [0.15, 0.2) is 74.1 Å². The van der Waals surface area contributed by atoms with E-state index in [4.69, 9.17) is 11.6 Å². The number of hydrogen-bond acceptors (Lipinski definition) is 4. The molecule has 38 heavy (non-hydrogen) atoms. The summed E-state index contributed by atoms with van der Waals surface area (Å²) in [7, 11) is -1.66. The minimum atomic E-state index is -1.66. The molecule has 11 heteroatoms. The van der Waals surface area contributed by atoms with Gasteiger partial charge < -0.3 is 4.98 Å². The van der Waals surface area contributed by atoms with E-state index in [0.29, 0.717) is 11.3 Å². The number of aliphatic imine (C=N–C) groups is 1. The van der Waals surface area contributed by atoms with Crippen molar-refractivity contribution in [1.82, 2.24) is 9.55 Å². The van der Waals surface area contributed by atoms with E-state index in [2.05, 4.69) is 9.98 Å². The molecule has 0 saturated carbocycles. The van der Waals surface area contributed by atoms with Crippen LogP contribution in [-0.4, -0.2) is 25.7 Å². The zero-order chi connectivity index (χ0) is 28.1. The van der Waals surface area contributed by atoms with Crippen LogP contribution >= 0.6 is 11.6 Å². The van der Waals surface area contributed by atoms with Crippen molar-refractivity contribution >= 4 is 34.3 Å². The van der Waals surface area contributed by atoms with Crippen molar-refractivity contribution in [2.45, 2.75) is 38.0 Å². The number of nitrogens with zero attached hydrogens (tertiary/aromatic N) is 2. The van der Waals surface area contributed by atoms with Gasteiger partial charge in [-0.1, -0.05) is 30.7 Å². The van der Waals surface area contributed by atoms with Gasteiger partial charge in [-0.15, -0.1) is 0 Å². The summed E-state index contributed by atoms with van der Waals surface area (Å²) >= 11 is 6.37. The van der Waals surface area contributed by atoms with Gasteiger partial charge in [-0.05, 0) is 61.6 Å². The molecule has 3 rings (SSSR count). The number of allylic oxidation sites excluding steroid dienone is 2. The Balaban J connectivity index is 2.08. The first-order valence-corrected chi connectivity index (χ1v) is 13.4. The van der Waals surface area contributed by atoms with Crippen molar-refractivity contribution in [2.75, 3.05) is 6.26 Å². The predicted molar refractivity (Wildman–Crippen MR) is 145 cm³/mol. The normalized spacial score (nSPS) is 14.2. The maximum absolute atomic E-state index is 15.6. The summed E-state index contributed by atoms with van der Waals surface area (Å²) in [6, 6.07) is 7.05. The van der Waals surface area contributed by atoms with Crippen molar-refractivity contribution in [3.05, 3.63) is 114 Å². The monoisotopic (exact) mass is 563 g/mol. The van der Waals surface area contributed by atoms with E-state index in [0.717, 1.165) is 10.8 Å². The van der Waals surface area contributed by atoms with E-state index in [9.17, 15) is 18.2 Å². The van der Waals surface area contributed by atoms with Crippen LogP contribution in [0.3, 0.4) is 0 Å². The Kier molecular flexibility index (Phi) is 9.45. The number of nitrogens with one attached hydrogen (secondary N) is 1. The van der Waals surface area contributed by atoms with Crippen molar-refractivity contribution in [3.63, 3.8) is 0 Å². The molecule has 200 valence electrons. The van der Waals surface area contributed by atoms with Crippen LogP contribution in [0.5, 0.6) is 0 Å². The van der Waals surface area contributed by atoms with Crippen LogP contribution in [0.4, 0.5) is 13.2 Å². The van der Waals surface area contributed by atoms with Crippen LogP contribution in [0.1, 0.15) is 42.1 Å². The lowest BCUT2D eigenvalue weighted by molar-refractivity contribution is 0.579. The Morgan fingerprint density at radius 1 is 1.24 bits per heavy atom. The molecular weight excluding hydrogens is 539 g/mol. The highest BCUT2D eigenvalue weighted by Gasteiger charge is 2.21. The van der Waals surface area contributed by atoms with E-state index in [-0.39, 0.29) is 27.5 Å². The number of aryl methyl sites for hydroxylation is 1. The van der Waals surface area contributed by atoms with Gasteiger partial charge in [-0.3, -0.25) is 23.4 Å². The highest BCUT2D eigenvalue weighted by Crippen LogP contribution is 2.27. The molecule has 0 bridgehead atoms. The fourth-order valence-electron chi connectivity index (χ4n) is 3.86. The van der Waals surface area contributed by atoms with E-state index >= 15 is 8.78 Å². The Morgan fingerprint density at radius 3 is 2.61 bits per heavy atom. The minimum Gasteiger partial charge on any atom is -0.327 e. The standard InChI is InChI=1S/C27H25ClF3N3O3S/c1-5-10-32-25(18-7-6-8-21(24(18)31)38(4)37)20(29)14-34-16(3)13-19(22(28)27(34)36)15(2)12-17-9-11-33-26(35)23(17)30/h5-11,13-15H,12H2,1-4H3,(H,33,35)/b10-5+,20-14-,32-25+. The number of benzene rings is 1. The van der Waals surface area contributed by atoms with Gasteiger partial charge in [-0.2, -0.15) is 0 Å². The molecule has 0 radical (unpaired) electrons. The van der Waals surface area contributed by atoms with Gasteiger partial charge in [0.15, 0.2) is 11.6 Å². The number of halogens is 4. The highest BCUT2D eigenvalue weighted by molar-refractivity contribution is 7.84. The SMILES string of the molecule is C/C=C/N=C(/C(F)=C/n1c(C)cc(C(C)Cc2cc[nH]c(=O)c2F)c(Cl)c1=O)c1cccc(S(C)=O)c1F. The molecule has 0 saturated heterocycles. The third kappa shape index (κ3) is 6.14. The molecule has 2 unspecified atom stereocenters. The highest BCUT2D eigenvalue weighted by atomic mass is 35.5. The maximum Gasteiger partial charge on any atom is 0.284 e. The lowest BCUT2D eigenvalue weighted by Gasteiger charge is -2.17. The molecule has 1 N–H and O–H groups in total. The van der Waals surface area contributed by atoms with Crippen molar-refractivity contribution < 1.29 is 17.4 Å². The van der Waals surface area contributed by atoms with E-state index < -0.39 is 51.0 Å². The van der Waals surface area contributed by atoms with Gasteiger partial charge in [-0.25, -0.2) is 13.2 Å². The Labute approximate surface area is 224 Å². The van der Waals surface area contributed by atoms with Crippen LogP contribution in [0.2, 0.25) is 5.02 Å². The second-order valence-corrected chi connectivity index (χ2v) is 10.2. The quantitative estimate of drug-likeness (QED) is 0.359. The molecule has 0 aliphatic carbocycles. The largest absolute Gasteiger partial charge is 0.327 e. The Morgan fingerprint density at radius 2 is 1.95 bits per heavy atom. The third-order valence-corrected chi connectivity index (χ3v) is 7.11. The zero-order valence-corrected chi connectivity index (χ0v) is 22.6. The maximum atomic E-state index is 15.6. The second-order valence-electron chi connectivity index (χ2n) is 8.49. The first kappa shape index (κ1) is 29.1. The molecule has 6 nitrogen and oxygen atoms in total. The summed E-state index contributed by atoms with van der Waals surface area (Å²) in [6.45, 7) is 4.91. The molecule has 0 aliphatic heterocycles. The van der Waals surface area contributed by atoms with Crippen LogP contribution in [0, 0.1) is 18.6 Å². The summed E-state index contributed by atoms with van der Waals surface area (Å²) < 4.78 is 57.7. The smallest absolute Gasteiger partial charge is 0.284 e. The fourth-order valence-corrected chi connectivity index (χ4v) is 4.83. The minimum absolute atomic E-state index is 0.0944. The van der Waals surface area contributed by atoms with Crippen LogP contribution in [0.25, 0.3) is 6.20 Å². The summed E-state index contributed by atoms with van der Waals surface area (Å²) in [5.74, 6) is -3.29. The molecule has 2 aromatic heterocycles. The number of aromatic amines is 1. The van der Waals surface area contributed by atoms with Gasteiger partial charge in [0, 0.05) is 29.9 Å². The molecule has 3 aromatic rings. The van der Waals surface area contributed by atoms with Crippen LogP contribution < -0.4 is 11.1 Å². The molecule has 0 fully saturated rings. The average molecular weight is 564 g/mol. The molecule has 0 amide bonds. The zero-order valence-electron chi connectivity index (χ0n) is 21.0. The van der Waals surface area contributed by atoms with Crippen molar-refractivity contribution in [2.24, 2.45) is 4.99 Å². The molecule has 1 aromatic carbocycles. The molecule has 0 aliphatic rings. The molecule has 0 spiro atoms. The third-order valence-electron chi connectivity index (χ3n) is 5.79. The first-order chi connectivity index (χ1) is 18.0. The molecule has 2 atom stereocenters. The number of H-pyrrole nitrogens is 1. The number of rotatable bonds is 8. The van der Waals surface area contributed by atoms with Gasteiger partial charge in [0.1, 0.15) is 16.6 Å².